The van der Waals surface area contributed by atoms with Crippen LogP contribution in [-0.2, 0) is 31.3 Å². The number of hydrogen-bond donors (Lipinski definition) is 2. The molecule has 2 N–H and O–H groups in total. The average Bonchev–Trinajstić information content (AvgIpc) is 3.14. The maximum atomic E-state index is 15.1. The smallest absolute Gasteiger partial charge is 0.421 e. The Balaban J connectivity index is 1.92. The number of hydroxylamine groups is 2. The highest BCUT2D eigenvalue weighted by atomic mass is 32.2. The van der Waals surface area contributed by atoms with Crippen molar-refractivity contribution >= 4 is 27.7 Å². The molecule has 4 aromatic rings. The van der Waals surface area contributed by atoms with Gasteiger partial charge in [-0.25, -0.2) is 4.79 Å². The van der Waals surface area contributed by atoms with Crippen LogP contribution in [0.25, 0.3) is 0 Å². The highest BCUT2D eigenvalue weighted by molar-refractivity contribution is 7.87. The molecule has 260 valence electrons. The summed E-state index contributed by atoms with van der Waals surface area (Å²) in [5.74, 6) is 11.3. The van der Waals surface area contributed by atoms with Crippen LogP contribution in [0.3, 0.4) is 0 Å². The van der Waals surface area contributed by atoms with E-state index in [-0.39, 0.29) is 34.1 Å². The second-order valence-electron chi connectivity index (χ2n) is 10.3. The molecule has 0 bridgehead atoms. The molecule has 0 aliphatic heterocycles. The number of nitrogens with zero attached hydrogens (tertiary/aromatic N) is 1. The van der Waals surface area contributed by atoms with Crippen molar-refractivity contribution in [3.05, 3.63) is 108 Å². The molecule has 0 spiro atoms. The summed E-state index contributed by atoms with van der Waals surface area (Å²) >= 11 is 0. The predicted molar refractivity (Wildman–Crippen MR) is 188 cm³/mol. The van der Waals surface area contributed by atoms with Crippen molar-refractivity contribution in [1.82, 2.24) is 0 Å². The lowest BCUT2D eigenvalue weighted by atomic mass is 9.89. The largest absolute Gasteiger partial charge is 0.494 e. The van der Waals surface area contributed by atoms with Gasteiger partial charge in [-0.1, -0.05) is 36.1 Å². The summed E-state index contributed by atoms with van der Waals surface area (Å²) in [5, 5.41) is 23.2. The Kier molecular flexibility index (Phi) is 13.3. The topological polar surface area (TPSA) is 129 Å². The lowest BCUT2D eigenvalue weighted by Crippen LogP contribution is -2.59. The van der Waals surface area contributed by atoms with Crippen LogP contribution >= 0.6 is 0 Å². The van der Waals surface area contributed by atoms with Gasteiger partial charge in [0.1, 0.15) is 45.3 Å². The Bertz CT molecular complexity index is 1870. The molecule has 4 aromatic carbocycles. The van der Waals surface area contributed by atoms with Crippen molar-refractivity contribution in [2.75, 3.05) is 26.4 Å². The van der Waals surface area contributed by atoms with Crippen molar-refractivity contribution < 1.29 is 46.8 Å². The first-order valence-electron chi connectivity index (χ1n) is 15.6. The summed E-state index contributed by atoms with van der Waals surface area (Å²) < 4.78 is 46.4. The molecule has 50 heavy (non-hydrogen) atoms. The highest BCUT2D eigenvalue weighted by Gasteiger charge is 2.62. The monoisotopic (exact) mass is 716 g/mol. The third-order valence-corrected chi connectivity index (χ3v) is 10.5. The van der Waals surface area contributed by atoms with Gasteiger partial charge in [-0.2, -0.15) is 14.6 Å². The van der Waals surface area contributed by atoms with Gasteiger partial charge in [-0.05, 0) is 112 Å². The molecule has 0 aliphatic rings. The fraction of sp³-hybridized carbons (Fsp3) is 0.237. The Morgan fingerprint density at radius 1 is 0.620 bits per heavy atom. The first-order chi connectivity index (χ1) is 24.1. The predicted octanol–water partition coefficient (Wildman–Crippen LogP) is 6.18. The molecular weight excluding hydrogens is 679 g/mol. The van der Waals surface area contributed by atoms with Crippen LogP contribution in [0.5, 0.6) is 23.0 Å². The molecule has 4 rings (SSSR count). The van der Waals surface area contributed by atoms with E-state index in [1.165, 1.54) is 60.7 Å². The summed E-state index contributed by atoms with van der Waals surface area (Å²) in [5.41, 5.74) is 0.241. The van der Waals surface area contributed by atoms with Crippen LogP contribution in [0, 0.1) is 23.7 Å². The van der Waals surface area contributed by atoms with Crippen LogP contribution in [0.2, 0.25) is 0 Å². The van der Waals surface area contributed by atoms with Crippen molar-refractivity contribution in [1.29, 1.82) is 0 Å². The zero-order chi connectivity index (χ0) is 36.1. The summed E-state index contributed by atoms with van der Waals surface area (Å²) in [6.45, 7) is 7.99. The van der Waals surface area contributed by atoms with E-state index in [2.05, 4.69) is 23.7 Å². The number of hydrogen-bond acceptors (Lipinski definition) is 9. The Labute approximate surface area is 297 Å². The van der Waals surface area contributed by atoms with Crippen LogP contribution < -0.4 is 18.9 Å². The van der Waals surface area contributed by atoms with Crippen molar-refractivity contribution in [3.8, 4) is 46.7 Å². The minimum atomic E-state index is -2.83. The molecule has 12 heteroatoms. The van der Waals surface area contributed by atoms with Gasteiger partial charge in [0, 0.05) is 4.90 Å². The van der Waals surface area contributed by atoms with E-state index < -0.39 is 36.7 Å². The van der Waals surface area contributed by atoms with Crippen LogP contribution in [0.4, 0.5) is 0 Å². The number of amides is 1. The fourth-order valence-electron chi connectivity index (χ4n) is 4.91. The van der Waals surface area contributed by atoms with Gasteiger partial charge in [0.15, 0.2) is 0 Å². The Morgan fingerprint density at radius 3 is 1.36 bits per heavy atom. The second-order valence-corrected chi connectivity index (χ2v) is 13.4. The minimum absolute atomic E-state index is 0.105. The van der Waals surface area contributed by atoms with Crippen LogP contribution in [0.1, 0.15) is 38.8 Å². The zero-order valence-corrected chi connectivity index (χ0v) is 29.7. The SMILES string of the molecule is CC#CCOc1ccc(S(=O)C(C(=O)[N+](O)(O)S(=O)c2ccc(OCC#CC)cc2)(c2ccc(OCC)cc2)c2ccc(OCC)cc2)cc1. The van der Waals surface area contributed by atoms with Crippen molar-refractivity contribution in [2.24, 2.45) is 0 Å². The maximum absolute atomic E-state index is 15.1. The third kappa shape index (κ3) is 8.43. The molecule has 0 aromatic heterocycles. The van der Waals surface area contributed by atoms with Crippen molar-refractivity contribution in [2.45, 2.75) is 42.2 Å². The van der Waals surface area contributed by atoms with Gasteiger partial charge < -0.3 is 18.9 Å². The molecule has 2 unspecified atom stereocenters. The van der Waals surface area contributed by atoms with E-state index in [1.807, 2.05) is 13.8 Å². The summed E-state index contributed by atoms with van der Waals surface area (Å²) in [6, 6.07) is 24.2. The van der Waals surface area contributed by atoms with E-state index in [1.54, 1.807) is 50.2 Å². The van der Waals surface area contributed by atoms with Crippen molar-refractivity contribution in [3.63, 3.8) is 0 Å². The molecule has 1 amide bonds. The quantitative estimate of drug-likeness (QED) is 0.0641. The van der Waals surface area contributed by atoms with E-state index in [0.29, 0.717) is 36.2 Å². The average molecular weight is 717 g/mol. The van der Waals surface area contributed by atoms with Gasteiger partial charge in [-0.15, -0.1) is 11.8 Å². The third-order valence-electron chi connectivity index (χ3n) is 7.26. The number of benzene rings is 4. The van der Waals surface area contributed by atoms with E-state index in [0.717, 1.165) is 0 Å². The van der Waals surface area contributed by atoms with Crippen LogP contribution in [-0.4, -0.2) is 55.4 Å². The minimum Gasteiger partial charge on any atom is -0.494 e. The Hall–Kier alpha value is -4.95. The van der Waals surface area contributed by atoms with Crippen LogP contribution in [0.15, 0.2) is 107 Å². The number of rotatable bonds is 15. The first-order valence-corrected chi connectivity index (χ1v) is 17.8. The van der Waals surface area contributed by atoms with E-state index in [4.69, 9.17) is 18.9 Å². The lowest BCUT2D eigenvalue weighted by Gasteiger charge is -2.33. The fourth-order valence-corrected chi connectivity index (χ4v) is 7.64. The number of ether oxygens (including phenoxy) is 4. The molecule has 0 aliphatic carbocycles. The molecule has 0 heterocycles. The molecule has 0 saturated carbocycles. The normalized spacial score (nSPS) is 12.3. The van der Waals surface area contributed by atoms with E-state index >= 15 is 4.21 Å². The first kappa shape index (κ1) is 37.9. The molecule has 2 atom stereocenters. The highest BCUT2D eigenvalue weighted by Crippen LogP contribution is 2.44. The maximum Gasteiger partial charge on any atom is 0.421 e. The lowest BCUT2D eigenvalue weighted by molar-refractivity contribution is -1.10. The van der Waals surface area contributed by atoms with Gasteiger partial charge >= 0.3 is 16.9 Å². The van der Waals surface area contributed by atoms with Gasteiger partial charge in [-0.3, -0.25) is 4.21 Å². The number of carbonyl (C=O) groups is 1. The number of carbonyl (C=O) groups excluding carboxylic acids is 1. The summed E-state index contributed by atoms with van der Waals surface area (Å²) in [7, 11) is -5.22. The summed E-state index contributed by atoms with van der Waals surface area (Å²) in [4.78, 5) is 15.0. The molecule has 0 fully saturated rings. The van der Waals surface area contributed by atoms with Gasteiger partial charge in [0.25, 0.3) is 0 Å². The molecular formula is C38H38NO9S2+. The summed E-state index contributed by atoms with van der Waals surface area (Å²) in [6.07, 6.45) is 0. The van der Waals surface area contributed by atoms with Gasteiger partial charge in [0.05, 0.1) is 24.0 Å². The Morgan fingerprint density at radius 2 is 0.980 bits per heavy atom. The molecule has 10 nitrogen and oxygen atoms in total. The van der Waals surface area contributed by atoms with E-state index in [9.17, 15) is 19.4 Å². The number of quaternary nitrogens is 1. The molecule has 0 saturated heterocycles. The standard InChI is InChI=1S/C38H38NO9S2/c1-5-9-27-47-33-19-23-35(24-20-33)49(43)38(29-11-15-31(16-12-29)45-7-3,30-13-17-32(18-14-30)46-8-4)37(40)39(41,42)50(44)36-25-21-34(22-26-36)48-28-10-6-2/h11-26,41-42H,7-8,27-28H2,1-4H3/q+1. The molecule has 0 radical (unpaired) electrons. The van der Waals surface area contributed by atoms with Gasteiger partial charge in [0.2, 0.25) is 4.75 Å². The second kappa shape index (κ2) is 17.6. The zero-order valence-electron chi connectivity index (χ0n) is 28.1.